The van der Waals surface area contributed by atoms with Crippen LogP contribution in [0.5, 0.6) is 0 Å². The number of allylic oxidation sites excluding steroid dienone is 6. The summed E-state index contributed by atoms with van der Waals surface area (Å²) in [6, 6.07) is 22.0. The van der Waals surface area contributed by atoms with Gasteiger partial charge < -0.3 is 0 Å². The Kier molecular flexibility index (Phi) is 9.60. The van der Waals surface area contributed by atoms with Crippen LogP contribution in [0.1, 0.15) is 73.9 Å². The predicted octanol–water partition coefficient (Wildman–Crippen LogP) is 12.8. The third-order valence-electron chi connectivity index (χ3n) is 7.77. The Morgan fingerprint density at radius 1 is 0.643 bits per heavy atom. The minimum atomic E-state index is 0.376. The highest BCUT2D eigenvalue weighted by atomic mass is 14.2. The molecule has 0 aliphatic carbocycles. The fraction of sp³-hybridized carbons (Fsp3) is 0.143. The van der Waals surface area contributed by atoms with Crippen LogP contribution < -0.4 is 0 Å². The Morgan fingerprint density at radius 3 is 1.74 bits per heavy atom. The molecule has 0 radical (unpaired) electrons. The summed E-state index contributed by atoms with van der Waals surface area (Å²) in [5.41, 5.74) is 13.8. The minimum absolute atomic E-state index is 0.376. The van der Waals surface area contributed by atoms with Crippen molar-refractivity contribution in [1.29, 1.82) is 0 Å². The number of rotatable bonds is 10. The molecule has 0 aliphatic heterocycles. The maximum atomic E-state index is 4.29. The molecule has 0 aromatic heterocycles. The van der Waals surface area contributed by atoms with E-state index in [1.54, 1.807) is 0 Å². The first-order chi connectivity index (χ1) is 20.3. The Hall–Kier alpha value is -4.68. The average molecular weight is 547 g/mol. The fourth-order valence-electron chi connectivity index (χ4n) is 5.84. The van der Waals surface area contributed by atoms with Gasteiger partial charge >= 0.3 is 0 Å². The van der Waals surface area contributed by atoms with Crippen LogP contribution in [0, 0.1) is 0 Å². The van der Waals surface area contributed by atoms with Gasteiger partial charge in [0.25, 0.3) is 0 Å². The quantitative estimate of drug-likeness (QED) is 0.174. The lowest BCUT2D eigenvalue weighted by molar-refractivity contribution is 0.864. The summed E-state index contributed by atoms with van der Waals surface area (Å²) in [5, 5.41) is 2.35. The lowest BCUT2D eigenvalue weighted by atomic mass is 9.80. The Bertz CT molecular complexity index is 1760. The van der Waals surface area contributed by atoms with E-state index in [0.717, 1.165) is 44.5 Å². The molecule has 0 heteroatoms. The molecule has 0 nitrogen and oxygen atoms in total. The Labute approximate surface area is 253 Å². The van der Waals surface area contributed by atoms with Crippen molar-refractivity contribution in [2.45, 2.75) is 40.5 Å². The molecule has 0 fully saturated rings. The largest absolute Gasteiger partial charge is 0.0984 e. The maximum Gasteiger partial charge on any atom is -0.00204 e. The molecule has 42 heavy (non-hydrogen) atoms. The van der Waals surface area contributed by atoms with Crippen molar-refractivity contribution in [3.8, 4) is 22.3 Å². The molecule has 0 heterocycles. The zero-order valence-electron chi connectivity index (χ0n) is 25.8. The van der Waals surface area contributed by atoms with Crippen molar-refractivity contribution in [1.82, 2.24) is 0 Å². The van der Waals surface area contributed by atoms with E-state index >= 15 is 0 Å². The van der Waals surface area contributed by atoms with Crippen molar-refractivity contribution in [2.75, 3.05) is 0 Å². The van der Waals surface area contributed by atoms with Crippen LogP contribution in [0.15, 0.2) is 117 Å². The van der Waals surface area contributed by atoms with E-state index in [9.17, 15) is 0 Å². The number of hydrogen-bond acceptors (Lipinski definition) is 0. The van der Waals surface area contributed by atoms with Crippen LogP contribution in [0.3, 0.4) is 0 Å². The topological polar surface area (TPSA) is 0 Å². The average Bonchev–Trinajstić information content (AvgIpc) is 3.00. The van der Waals surface area contributed by atoms with E-state index in [1.807, 2.05) is 24.3 Å². The van der Waals surface area contributed by atoms with Crippen LogP contribution in [0.4, 0.5) is 0 Å². The van der Waals surface area contributed by atoms with Crippen molar-refractivity contribution >= 4 is 40.6 Å². The summed E-state index contributed by atoms with van der Waals surface area (Å²) >= 11 is 0. The molecule has 4 aromatic rings. The lowest BCUT2D eigenvalue weighted by Crippen LogP contribution is -2.01. The van der Waals surface area contributed by atoms with E-state index in [4.69, 9.17) is 0 Å². The smallest absolute Gasteiger partial charge is 0.00204 e. The third kappa shape index (κ3) is 5.71. The van der Waals surface area contributed by atoms with E-state index in [1.165, 1.54) is 33.0 Å². The monoisotopic (exact) mass is 546 g/mol. The first kappa shape index (κ1) is 30.3. The van der Waals surface area contributed by atoms with Crippen molar-refractivity contribution in [2.24, 2.45) is 0 Å². The summed E-state index contributed by atoms with van der Waals surface area (Å²) in [6.07, 6.45) is 16.4. The zero-order chi connectivity index (χ0) is 30.4. The maximum absolute atomic E-state index is 4.29. The van der Waals surface area contributed by atoms with Gasteiger partial charge in [-0.3, -0.25) is 0 Å². The first-order valence-electron chi connectivity index (χ1n) is 14.7. The second kappa shape index (κ2) is 13.3. The molecular formula is C42H42. The second-order valence-electron chi connectivity index (χ2n) is 11.1. The van der Waals surface area contributed by atoms with Crippen LogP contribution in [-0.4, -0.2) is 0 Å². The number of fused-ring (bicyclic) bond motifs is 1. The van der Waals surface area contributed by atoms with Crippen molar-refractivity contribution in [3.63, 3.8) is 0 Å². The van der Waals surface area contributed by atoms with E-state index in [-0.39, 0.29) is 0 Å². The summed E-state index contributed by atoms with van der Waals surface area (Å²) in [6.45, 7) is 27.7. The second-order valence-corrected chi connectivity index (χ2v) is 11.1. The summed E-state index contributed by atoms with van der Waals surface area (Å²) in [7, 11) is 0. The normalized spacial score (nSPS) is 11.6. The highest BCUT2D eigenvalue weighted by Crippen LogP contribution is 2.45. The van der Waals surface area contributed by atoms with Gasteiger partial charge in [-0.1, -0.05) is 155 Å². The highest BCUT2D eigenvalue weighted by Gasteiger charge is 2.21. The summed E-state index contributed by atoms with van der Waals surface area (Å²) in [4.78, 5) is 0. The molecule has 0 atom stereocenters. The van der Waals surface area contributed by atoms with E-state index < -0.39 is 0 Å². The van der Waals surface area contributed by atoms with Crippen molar-refractivity contribution in [3.05, 3.63) is 150 Å². The van der Waals surface area contributed by atoms with Crippen LogP contribution in [0.2, 0.25) is 0 Å². The number of benzene rings is 4. The van der Waals surface area contributed by atoms with Gasteiger partial charge in [0, 0.05) is 0 Å². The molecule has 0 saturated carbocycles. The summed E-state index contributed by atoms with van der Waals surface area (Å²) < 4.78 is 0. The van der Waals surface area contributed by atoms with Crippen LogP contribution in [-0.2, 0) is 0 Å². The molecule has 0 amide bonds. The lowest BCUT2D eigenvalue weighted by Gasteiger charge is -2.23. The van der Waals surface area contributed by atoms with Crippen LogP contribution in [0.25, 0.3) is 62.9 Å². The minimum Gasteiger partial charge on any atom is -0.0984 e. The van der Waals surface area contributed by atoms with Gasteiger partial charge in [0.05, 0.1) is 0 Å². The Balaban J connectivity index is 2.05. The van der Waals surface area contributed by atoms with E-state index in [2.05, 4.69) is 146 Å². The molecule has 0 spiro atoms. The van der Waals surface area contributed by atoms with Gasteiger partial charge in [-0.2, -0.15) is 0 Å². The molecule has 0 unspecified atom stereocenters. The van der Waals surface area contributed by atoms with Gasteiger partial charge in [0.1, 0.15) is 0 Å². The zero-order valence-corrected chi connectivity index (χ0v) is 25.8. The summed E-state index contributed by atoms with van der Waals surface area (Å²) in [5.74, 6) is 0.376. The molecular weight excluding hydrogens is 504 g/mol. The van der Waals surface area contributed by atoms with Crippen molar-refractivity contribution < 1.29 is 0 Å². The van der Waals surface area contributed by atoms with Gasteiger partial charge in [0.2, 0.25) is 0 Å². The van der Waals surface area contributed by atoms with E-state index in [0.29, 0.717) is 5.92 Å². The molecule has 4 rings (SSSR count). The molecule has 210 valence electrons. The van der Waals surface area contributed by atoms with Gasteiger partial charge in [-0.05, 0) is 98.7 Å². The van der Waals surface area contributed by atoms with Gasteiger partial charge in [0.15, 0.2) is 0 Å². The molecule has 0 saturated heterocycles. The predicted molar refractivity (Wildman–Crippen MR) is 191 cm³/mol. The highest BCUT2D eigenvalue weighted by molar-refractivity contribution is 6.12. The Morgan fingerprint density at radius 2 is 1.21 bits per heavy atom. The SMILES string of the molecule is C=Cc1c(-c2c(C=C)c(C=C)c(-c3ccc(C(/C=C\C)=C/C=C(C)C)cc3)c3ccccc23)ccc(C(C)C)c1C=C. The third-order valence-corrected chi connectivity index (χ3v) is 7.77. The molecule has 4 aromatic carbocycles. The fourth-order valence-corrected chi connectivity index (χ4v) is 5.84. The van der Waals surface area contributed by atoms with Gasteiger partial charge in [-0.15, -0.1) is 0 Å². The van der Waals surface area contributed by atoms with Crippen LogP contribution >= 0.6 is 0 Å². The molecule has 0 bridgehead atoms. The molecule has 0 aliphatic rings. The first-order valence-corrected chi connectivity index (χ1v) is 14.7. The molecule has 0 N–H and O–H groups in total. The standard InChI is InChI=1S/C42H42/c1-10-17-30(21-20-28(6)7)31-22-24-32(25-23-31)41-35(13-4)36(14-5)42(39-19-16-15-18-38(39)41)40-27-26-37(29(8)9)33(11-2)34(40)12-3/h10-27,29H,2-5H2,1,6-9H3/b17-10-,30-21+. The van der Waals surface area contributed by atoms with Gasteiger partial charge in [-0.25, -0.2) is 0 Å². The number of hydrogen-bond donors (Lipinski definition) is 0.